The van der Waals surface area contributed by atoms with Crippen molar-refractivity contribution in [3.63, 3.8) is 0 Å². The normalized spacial score (nSPS) is 11.3. The second-order valence-corrected chi connectivity index (χ2v) is 8.50. The molecule has 0 aliphatic carbocycles. The summed E-state index contributed by atoms with van der Waals surface area (Å²) in [7, 11) is 1.69. The molecule has 1 aromatic heterocycles. The number of anilines is 1. The summed E-state index contributed by atoms with van der Waals surface area (Å²) >= 11 is 1.26. The zero-order chi connectivity index (χ0) is 21.3. The number of thioether (sulfide) groups is 1. The van der Waals surface area contributed by atoms with Crippen molar-refractivity contribution in [3.8, 4) is 0 Å². The van der Waals surface area contributed by atoms with E-state index in [1.807, 2.05) is 60.7 Å². The topological polar surface area (TPSA) is 64.0 Å². The molecule has 1 amide bonds. The molecule has 3 aromatic carbocycles. The minimum absolute atomic E-state index is 0.112. The van der Waals surface area contributed by atoms with Gasteiger partial charge in [-0.05, 0) is 40.5 Å². The van der Waals surface area contributed by atoms with E-state index < -0.39 is 0 Å². The van der Waals surface area contributed by atoms with Crippen LogP contribution in [-0.4, -0.2) is 21.2 Å². The minimum atomic E-state index is -0.124. The maximum Gasteiger partial charge on any atom is 0.261 e. The second kappa shape index (κ2) is 8.32. The van der Waals surface area contributed by atoms with Crippen LogP contribution in [0.5, 0.6) is 0 Å². The molecule has 152 valence electrons. The summed E-state index contributed by atoms with van der Waals surface area (Å²) in [5.74, 6) is 0.360. The molecule has 1 N–H and O–H groups in total. The molecule has 0 radical (unpaired) electrons. The number of hydrogen-bond donors (Lipinski definition) is 1. The first-order chi connectivity index (χ1) is 14.4. The summed E-state index contributed by atoms with van der Waals surface area (Å²) in [6, 6.07) is 19.5. The first-order valence-electron chi connectivity index (χ1n) is 9.85. The number of amides is 1. The predicted molar refractivity (Wildman–Crippen MR) is 124 cm³/mol. The number of carbonyl (C=O) groups is 1. The van der Waals surface area contributed by atoms with Crippen molar-refractivity contribution in [2.24, 2.45) is 7.05 Å². The van der Waals surface area contributed by atoms with E-state index in [4.69, 9.17) is 0 Å². The lowest BCUT2D eigenvalue weighted by molar-refractivity contribution is -0.113. The Morgan fingerprint density at radius 2 is 1.73 bits per heavy atom. The van der Waals surface area contributed by atoms with Gasteiger partial charge in [0.2, 0.25) is 5.91 Å². The highest BCUT2D eigenvalue weighted by Gasteiger charge is 2.13. The summed E-state index contributed by atoms with van der Waals surface area (Å²) in [5, 5.41) is 6.12. The third-order valence-corrected chi connectivity index (χ3v) is 6.12. The molecule has 0 unspecified atom stereocenters. The van der Waals surface area contributed by atoms with Gasteiger partial charge in [0.05, 0.1) is 16.7 Å². The highest BCUT2D eigenvalue weighted by Crippen LogP contribution is 2.25. The molecule has 4 aromatic rings. The van der Waals surface area contributed by atoms with Crippen LogP contribution >= 0.6 is 11.8 Å². The van der Waals surface area contributed by atoms with E-state index in [-0.39, 0.29) is 17.2 Å². The number of hydrogen-bond acceptors (Lipinski definition) is 4. The van der Waals surface area contributed by atoms with Crippen molar-refractivity contribution in [2.75, 3.05) is 11.1 Å². The Morgan fingerprint density at radius 3 is 2.47 bits per heavy atom. The van der Waals surface area contributed by atoms with Crippen molar-refractivity contribution >= 4 is 45.0 Å². The fourth-order valence-corrected chi connectivity index (χ4v) is 4.27. The summed E-state index contributed by atoms with van der Waals surface area (Å²) in [6.45, 7) is 4.19. The number of benzene rings is 3. The van der Waals surface area contributed by atoms with Crippen LogP contribution in [0.15, 0.2) is 70.6 Å². The molecule has 0 atom stereocenters. The molecule has 0 aliphatic heterocycles. The SMILES string of the molecule is CC(C)c1ccccc1NC(=O)CSc1nc2cc3ccccc3cc2c(=O)n1C. The molecule has 6 heteroatoms. The maximum atomic E-state index is 12.9. The molecule has 5 nitrogen and oxygen atoms in total. The molecule has 1 heterocycles. The van der Waals surface area contributed by atoms with E-state index in [1.54, 1.807) is 7.05 Å². The Hall–Kier alpha value is -3.12. The number of carbonyl (C=O) groups excluding carboxylic acids is 1. The third kappa shape index (κ3) is 3.96. The van der Waals surface area contributed by atoms with Crippen molar-refractivity contribution < 1.29 is 4.79 Å². The van der Waals surface area contributed by atoms with E-state index in [9.17, 15) is 9.59 Å². The van der Waals surface area contributed by atoms with Gasteiger partial charge in [-0.3, -0.25) is 14.2 Å². The van der Waals surface area contributed by atoms with Gasteiger partial charge >= 0.3 is 0 Å². The first kappa shape index (κ1) is 20.2. The van der Waals surface area contributed by atoms with E-state index in [0.717, 1.165) is 22.0 Å². The number of para-hydroxylation sites is 1. The Labute approximate surface area is 179 Å². The van der Waals surface area contributed by atoms with Crippen molar-refractivity contribution in [2.45, 2.75) is 24.9 Å². The number of fused-ring (bicyclic) bond motifs is 2. The van der Waals surface area contributed by atoms with Crippen LogP contribution < -0.4 is 10.9 Å². The largest absolute Gasteiger partial charge is 0.325 e. The zero-order valence-corrected chi connectivity index (χ0v) is 18.0. The average molecular weight is 418 g/mol. The smallest absolute Gasteiger partial charge is 0.261 e. The molecule has 0 saturated heterocycles. The molecule has 0 saturated carbocycles. The van der Waals surface area contributed by atoms with E-state index >= 15 is 0 Å². The first-order valence-corrected chi connectivity index (χ1v) is 10.8. The molecular formula is C24H23N3O2S. The van der Waals surface area contributed by atoms with Crippen LogP contribution in [0.25, 0.3) is 21.7 Å². The summed E-state index contributed by atoms with van der Waals surface area (Å²) in [4.78, 5) is 30.1. The molecular weight excluding hydrogens is 394 g/mol. The van der Waals surface area contributed by atoms with Crippen molar-refractivity contribution in [3.05, 3.63) is 76.6 Å². The number of nitrogens with one attached hydrogen (secondary N) is 1. The van der Waals surface area contributed by atoms with Gasteiger partial charge < -0.3 is 5.32 Å². The summed E-state index contributed by atoms with van der Waals surface area (Å²) < 4.78 is 1.51. The number of aromatic nitrogens is 2. The van der Waals surface area contributed by atoms with Gasteiger partial charge in [-0.15, -0.1) is 0 Å². The van der Waals surface area contributed by atoms with Gasteiger partial charge in [0.15, 0.2) is 5.16 Å². The van der Waals surface area contributed by atoms with Crippen LogP contribution in [0.3, 0.4) is 0 Å². The lowest BCUT2D eigenvalue weighted by atomic mass is 10.0. The quantitative estimate of drug-likeness (QED) is 0.284. The Kier molecular flexibility index (Phi) is 5.59. The fourth-order valence-electron chi connectivity index (χ4n) is 3.50. The van der Waals surface area contributed by atoms with Crippen LogP contribution in [0.1, 0.15) is 25.3 Å². The van der Waals surface area contributed by atoms with Crippen LogP contribution in [0.2, 0.25) is 0 Å². The van der Waals surface area contributed by atoms with Crippen LogP contribution in [0, 0.1) is 0 Å². The van der Waals surface area contributed by atoms with Gasteiger partial charge in [-0.2, -0.15) is 0 Å². The van der Waals surface area contributed by atoms with Crippen molar-refractivity contribution in [1.29, 1.82) is 0 Å². The fraction of sp³-hybridized carbons (Fsp3) is 0.208. The van der Waals surface area contributed by atoms with E-state index in [2.05, 4.69) is 24.1 Å². The lowest BCUT2D eigenvalue weighted by Gasteiger charge is -2.14. The average Bonchev–Trinajstić information content (AvgIpc) is 2.74. The van der Waals surface area contributed by atoms with Crippen LogP contribution in [-0.2, 0) is 11.8 Å². The highest BCUT2D eigenvalue weighted by atomic mass is 32.2. The molecule has 0 spiro atoms. The van der Waals surface area contributed by atoms with Gasteiger partial charge in [-0.1, -0.05) is 68.1 Å². The molecule has 0 fully saturated rings. The lowest BCUT2D eigenvalue weighted by Crippen LogP contribution is -2.21. The Balaban J connectivity index is 1.58. The standard InChI is InChI=1S/C24H23N3O2S/c1-15(2)18-10-6-7-11-20(18)25-22(28)14-30-24-26-21-13-17-9-5-4-8-16(17)12-19(21)23(29)27(24)3/h4-13,15H,14H2,1-3H3,(H,25,28). The maximum absolute atomic E-state index is 12.9. The second-order valence-electron chi connectivity index (χ2n) is 7.55. The number of rotatable bonds is 5. The molecule has 30 heavy (non-hydrogen) atoms. The minimum Gasteiger partial charge on any atom is -0.325 e. The zero-order valence-electron chi connectivity index (χ0n) is 17.2. The van der Waals surface area contributed by atoms with E-state index in [0.29, 0.717) is 22.0 Å². The van der Waals surface area contributed by atoms with Gasteiger partial charge in [0.1, 0.15) is 0 Å². The number of nitrogens with zero attached hydrogens (tertiary/aromatic N) is 2. The predicted octanol–water partition coefficient (Wildman–Crippen LogP) is 4.94. The van der Waals surface area contributed by atoms with Crippen molar-refractivity contribution in [1.82, 2.24) is 9.55 Å². The monoisotopic (exact) mass is 417 g/mol. The Bertz CT molecular complexity index is 1310. The van der Waals surface area contributed by atoms with Crippen LogP contribution in [0.4, 0.5) is 5.69 Å². The molecule has 0 bridgehead atoms. The van der Waals surface area contributed by atoms with Gasteiger partial charge in [0.25, 0.3) is 5.56 Å². The Morgan fingerprint density at radius 1 is 1.07 bits per heavy atom. The van der Waals surface area contributed by atoms with Gasteiger partial charge in [-0.25, -0.2) is 4.98 Å². The highest BCUT2D eigenvalue weighted by molar-refractivity contribution is 7.99. The summed E-state index contributed by atoms with van der Waals surface area (Å²) in [6.07, 6.45) is 0. The third-order valence-electron chi connectivity index (χ3n) is 5.09. The van der Waals surface area contributed by atoms with E-state index in [1.165, 1.54) is 16.3 Å². The summed E-state index contributed by atoms with van der Waals surface area (Å²) in [5.41, 5.74) is 2.45. The molecule has 4 rings (SSSR count). The molecule has 0 aliphatic rings. The van der Waals surface area contributed by atoms with Gasteiger partial charge in [0, 0.05) is 12.7 Å².